The van der Waals surface area contributed by atoms with Crippen LogP contribution in [0.5, 0.6) is 0 Å². The van der Waals surface area contributed by atoms with E-state index in [1.54, 1.807) is 12.1 Å². The lowest BCUT2D eigenvalue weighted by Crippen LogP contribution is -2.54. The molecule has 0 atom stereocenters. The van der Waals surface area contributed by atoms with Gasteiger partial charge in [-0.2, -0.15) is 8.42 Å². The predicted molar refractivity (Wildman–Crippen MR) is 50.2 cm³/mol. The lowest BCUT2D eigenvalue weighted by molar-refractivity contribution is 0.0676. The van der Waals surface area contributed by atoms with Gasteiger partial charge in [-0.25, -0.2) is 9.73 Å². The summed E-state index contributed by atoms with van der Waals surface area (Å²) in [5.74, 6) is 0. The second-order valence-electron chi connectivity index (χ2n) is 2.85. The van der Waals surface area contributed by atoms with Crippen LogP contribution in [-0.2, 0) is 10.2 Å². The fourth-order valence-electron chi connectivity index (χ4n) is 1.22. The fraction of sp³-hybridized carbons (Fsp3) is 1.00. The minimum absolute atomic E-state index is 0.720. The molecular weight excluding hydrogens is 192 g/mol. The Labute approximate surface area is 79.0 Å². The Morgan fingerprint density at radius 1 is 1.38 bits per heavy atom. The SMILES string of the molecule is CNS(=O)(=O)N(C)N1CCNCC1. The van der Waals surface area contributed by atoms with Gasteiger partial charge in [0, 0.05) is 40.3 Å². The molecule has 0 aromatic rings. The molecule has 0 radical (unpaired) electrons. The average Bonchev–Trinajstić information content (AvgIpc) is 2.18. The summed E-state index contributed by atoms with van der Waals surface area (Å²) < 4.78 is 26.2. The van der Waals surface area contributed by atoms with E-state index < -0.39 is 10.2 Å². The molecule has 0 amide bonds. The lowest BCUT2D eigenvalue weighted by atomic mass is 10.4. The minimum atomic E-state index is -3.32. The quantitative estimate of drug-likeness (QED) is 0.574. The van der Waals surface area contributed by atoms with Gasteiger partial charge in [-0.3, -0.25) is 0 Å². The van der Waals surface area contributed by atoms with E-state index in [0.717, 1.165) is 26.2 Å². The molecule has 1 aliphatic rings. The van der Waals surface area contributed by atoms with E-state index in [-0.39, 0.29) is 0 Å². The topological polar surface area (TPSA) is 64.7 Å². The third-order valence-corrected chi connectivity index (χ3v) is 3.54. The van der Waals surface area contributed by atoms with Crippen LogP contribution in [-0.4, -0.2) is 58.1 Å². The molecule has 78 valence electrons. The second-order valence-corrected chi connectivity index (χ2v) is 4.73. The van der Waals surface area contributed by atoms with Crippen molar-refractivity contribution in [2.24, 2.45) is 0 Å². The van der Waals surface area contributed by atoms with Crippen LogP contribution >= 0.6 is 0 Å². The van der Waals surface area contributed by atoms with Crippen molar-refractivity contribution in [3.63, 3.8) is 0 Å². The summed E-state index contributed by atoms with van der Waals surface area (Å²) in [5.41, 5.74) is 0. The zero-order chi connectivity index (χ0) is 9.90. The highest BCUT2D eigenvalue weighted by atomic mass is 32.2. The summed E-state index contributed by atoms with van der Waals surface area (Å²) >= 11 is 0. The van der Waals surface area contributed by atoms with Crippen LogP contribution in [0.3, 0.4) is 0 Å². The molecule has 0 bridgehead atoms. The lowest BCUT2D eigenvalue weighted by Gasteiger charge is -2.33. The highest BCUT2D eigenvalue weighted by Crippen LogP contribution is 2.01. The van der Waals surface area contributed by atoms with E-state index in [9.17, 15) is 8.42 Å². The normalized spacial score (nSPS) is 20.8. The third kappa shape index (κ3) is 2.61. The van der Waals surface area contributed by atoms with Gasteiger partial charge in [-0.05, 0) is 0 Å². The number of piperazine rings is 1. The Kier molecular flexibility index (Phi) is 3.63. The van der Waals surface area contributed by atoms with Gasteiger partial charge >= 0.3 is 0 Å². The average molecular weight is 208 g/mol. The predicted octanol–water partition coefficient (Wildman–Crippen LogP) is -1.80. The molecule has 0 unspecified atom stereocenters. The molecule has 0 spiro atoms. The molecule has 0 saturated carbocycles. The zero-order valence-electron chi connectivity index (χ0n) is 7.95. The number of hydrogen-bond donors (Lipinski definition) is 2. The summed E-state index contributed by atoms with van der Waals surface area (Å²) in [6.07, 6.45) is 0. The summed E-state index contributed by atoms with van der Waals surface area (Å²) in [6, 6.07) is 0. The van der Waals surface area contributed by atoms with E-state index in [1.165, 1.54) is 11.5 Å². The number of rotatable bonds is 3. The van der Waals surface area contributed by atoms with E-state index in [2.05, 4.69) is 10.0 Å². The number of nitrogens with one attached hydrogen (secondary N) is 2. The first-order chi connectivity index (χ1) is 6.08. The van der Waals surface area contributed by atoms with Crippen LogP contribution in [0.25, 0.3) is 0 Å². The van der Waals surface area contributed by atoms with Crippen molar-refractivity contribution >= 4 is 10.2 Å². The minimum Gasteiger partial charge on any atom is -0.314 e. The standard InChI is InChI=1S/C6H16N4O2S/c1-7-13(11,12)9(2)10-5-3-8-4-6-10/h7-8H,3-6H2,1-2H3. The second kappa shape index (κ2) is 4.34. The molecule has 0 aromatic heterocycles. The molecule has 1 rings (SSSR count). The van der Waals surface area contributed by atoms with Crippen LogP contribution in [0.2, 0.25) is 0 Å². The van der Waals surface area contributed by atoms with Crippen molar-refractivity contribution in [2.75, 3.05) is 40.3 Å². The van der Waals surface area contributed by atoms with Gasteiger partial charge in [0.1, 0.15) is 0 Å². The molecule has 1 fully saturated rings. The van der Waals surface area contributed by atoms with Crippen molar-refractivity contribution in [1.82, 2.24) is 19.5 Å². The molecule has 1 aliphatic heterocycles. The smallest absolute Gasteiger partial charge is 0.292 e. The Morgan fingerprint density at radius 2 is 1.92 bits per heavy atom. The maximum atomic E-state index is 11.4. The molecule has 1 heterocycles. The van der Waals surface area contributed by atoms with Crippen LogP contribution in [0.1, 0.15) is 0 Å². The van der Waals surface area contributed by atoms with Crippen molar-refractivity contribution in [3.05, 3.63) is 0 Å². The Morgan fingerprint density at radius 3 is 2.38 bits per heavy atom. The van der Waals surface area contributed by atoms with E-state index in [4.69, 9.17) is 0 Å². The number of hydrogen-bond acceptors (Lipinski definition) is 4. The van der Waals surface area contributed by atoms with Crippen molar-refractivity contribution in [1.29, 1.82) is 0 Å². The van der Waals surface area contributed by atoms with E-state index in [0.29, 0.717) is 0 Å². The molecule has 0 aromatic carbocycles. The number of hydrazine groups is 1. The molecule has 0 aliphatic carbocycles. The molecule has 7 heteroatoms. The van der Waals surface area contributed by atoms with Gasteiger partial charge in [-0.15, -0.1) is 4.41 Å². The van der Waals surface area contributed by atoms with Gasteiger partial charge in [-0.1, -0.05) is 0 Å². The van der Waals surface area contributed by atoms with Gasteiger partial charge < -0.3 is 5.32 Å². The van der Waals surface area contributed by atoms with Crippen molar-refractivity contribution < 1.29 is 8.42 Å². The summed E-state index contributed by atoms with van der Waals surface area (Å²) in [5, 5.41) is 4.95. The van der Waals surface area contributed by atoms with Gasteiger partial charge in [0.15, 0.2) is 0 Å². The third-order valence-electron chi connectivity index (χ3n) is 2.10. The molecule has 13 heavy (non-hydrogen) atoms. The van der Waals surface area contributed by atoms with Crippen LogP contribution < -0.4 is 10.0 Å². The maximum absolute atomic E-state index is 11.4. The number of nitrogens with zero attached hydrogens (tertiary/aromatic N) is 2. The largest absolute Gasteiger partial charge is 0.314 e. The van der Waals surface area contributed by atoms with E-state index in [1.807, 2.05) is 0 Å². The first-order valence-electron chi connectivity index (χ1n) is 4.21. The van der Waals surface area contributed by atoms with E-state index >= 15 is 0 Å². The van der Waals surface area contributed by atoms with Gasteiger partial charge in [0.25, 0.3) is 10.2 Å². The molecular formula is C6H16N4O2S. The van der Waals surface area contributed by atoms with Crippen molar-refractivity contribution in [3.8, 4) is 0 Å². The zero-order valence-corrected chi connectivity index (χ0v) is 8.76. The summed E-state index contributed by atoms with van der Waals surface area (Å²) in [7, 11) is -0.353. The monoisotopic (exact) mass is 208 g/mol. The first kappa shape index (κ1) is 10.9. The Hall–Kier alpha value is -0.210. The Bertz CT molecular complexity index is 247. The van der Waals surface area contributed by atoms with Crippen molar-refractivity contribution in [2.45, 2.75) is 0 Å². The fourth-order valence-corrected chi connectivity index (χ4v) is 1.95. The highest BCUT2D eigenvalue weighted by molar-refractivity contribution is 7.87. The Balaban J connectivity index is 2.60. The van der Waals surface area contributed by atoms with Crippen LogP contribution in [0, 0.1) is 0 Å². The van der Waals surface area contributed by atoms with Crippen LogP contribution in [0.15, 0.2) is 0 Å². The van der Waals surface area contributed by atoms with Gasteiger partial charge in [0.05, 0.1) is 0 Å². The summed E-state index contributed by atoms with van der Waals surface area (Å²) in [6.45, 7) is 3.09. The molecule has 6 nitrogen and oxygen atoms in total. The first-order valence-corrected chi connectivity index (χ1v) is 5.65. The highest BCUT2D eigenvalue weighted by Gasteiger charge is 2.23. The van der Waals surface area contributed by atoms with Gasteiger partial charge in [0.2, 0.25) is 0 Å². The maximum Gasteiger partial charge on any atom is 0.292 e. The summed E-state index contributed by atoms with van der Waals surface area (Å²) in [4.78, 5) is 0. The molecule has 2 N–H and O–H groups in total. The molecule has 1 saturated heterocycles. The van der Waals surface area contributed by atoms with Crippen LogP contribution in [0.4, 0.5) is 0 Å².